The van der Waals surface area contributed by atoms with Gasteiger partial charge in [-0.1, -0.05) is 17.8 Å². The normalized spacial score (nSPS) is 22.0. The number of aromatic nitrogens is 4. The zero-order valence-corrected chi connectivity index (χ0v) is 21.1. The number of nitrogens with two attached hydrogens (primary N) is 1. The van der Waals surface area contributed by atoms with Crippen LogP contribution in [0.1, 0.15) is 18.4 Å². The lowest BCUT2D eigenvalue weighted by Gasteiger charge is -2.34. The number of pyridine rings is 1. The minimum Gasteiger partial charge on any atom is -0.467 e. The fraction of sp³-hybridized carbons (Fsp3) is 0.240. The average Bonchev–Trinajstić information content (AvgIpc) is 3.36. The van der Waals surface area contributed by atoms with Crippen LogP contribution in [0.4, 0.5) is 20.3 Å². The number of aliphatic imine (C=N–C) groups is 1. The van der Waals surface area contributed by atoms with Crippen LogP contribution in [0.25, 0.3) is 11.0 Å². The Labute approximate surface area is 219 Å². The second-order valence-corrected chi connectivity index (χ2v) is 10.3. The number of nitrogens with zero attached hydrogens (tertiary/aromatic N) is 5. The summed E-state index contributed by atoms with van der Waals surface area (Å²) in [7, 11) is 1.58. The Morgan fingerprint density at radius 3 is 2.84 bits per heavy atom. The van der Waals surface area contributed by atoms with Crippen molar-refractivity contribution in [1.82, 2.24) is 19.9 Å². The first-order chi connectivity index (χ1) is 18.3. The number of benzene rings is 1. The highest BCUT2D eigenvalue weighted by Crippen LogP contribution is 2.60. The van der Waals surface area contributed by atoms with Crippen LogP contribution in [-0.2, 0) is 16.9 Å². The first-order valence-corrected chi connectivity index (χ1v) is 12.3. The Morgan fingerprint density at radius 1 is 1.18 bits per heavy atom. The molecule has 4 aromatic rings. The van der Waals surface area contributed by atoms with E-state index in [0.29, 0.717) is 29.3 Å². The summed E-state index contributed by atoms with van der Waals surface area (Å²) < 4.78 is 45.7. The predicted molar refractivity (Wildman–Crippen MR) is 137 cm³/mol. The van der Waals surface area contributed by atoms with E-state index in [2.05, 4.69) is 30.2 Å². The maximum absolute atomic E-state index is 15.2. The molecule has 3 N–H and O–H groups in total. The molecule has 1 aliphatic carbocycles. The topological polar surface area (TPSA) is 134 Å². The molecule has 0 spiro atoms. The van der Waals surface area contributed by atoms with Crippen LogP contribution in [0, 0.1) is 11.6 Å². The van der Waals surface area contributed by atoms with Crippen LogP contribution in [0.15, 0.2) is 64.1 Å². The average molecular weight is 538 g/mol. The summed E-state index contributed by atoms with van der Waals surface area (Å²) in [6.07, 6.45) is 7.86. The van der Waals surface area contributed by atoms with E-state index in [4.69, 9.17) is 19.6 Å². The van der Waals surface area contributed by atoms with Gasteiger partial charge in [-0.3, -0.25) is 0 Å². The number of fused-ring (bicyclic) bond motifs is 2. The van der Waals surface area contributed by atoms with E-state index < -0.39 is 21.9 Å². The third-order valence-electron chi connectivity index (χ3n) is 6.33. The molecule has 13 heteroatoms. The number of amidine groups is 1. The fourth-order valence-corrected chi connectivity index (χ4v) is 5.86. The first-order valence-electron chi connectivity index (χ1n) is 11.5. The van der Waals surface area contributed by atoms with Crippen molar-refractivity contribution >= 4 is 39.5 Å². The van der Waals surface area contributed by atoms with Crippen LogP contribution >= 0.6 is 11.8 Å². The van der Waals surface area contributed by atoms with Crippen molar-refractivity contribution < 1.29 is 22.7 Å². The summed E-state index contributed by atoms with van der Waals surface area (Å²) in [6, 6.07) is 4.22. The molecule has 0 unspecified atom stereocenters. The van der Waals surface area contributed by atoms with Crippen LogP contribution in [0.2, 0.25) is 0 Å². The van der Waals surface area contributed by atoms with Gasteiger partial charge in [0, 0.05) is 30.6 Å². The number of hydrogen-bond acceptors (Lipinski definition) is 11. The Kier molecular flexibility index (Phi) is 5.76. The molecule has 0 saturated carbocycles. The van der Waals surface area contributed by atoms with Crippen LogP contribution < -0.4 is 15.8 Å². The van der Waals surface area contributed by atoms with Crippen LogP contribution in [0.3, 0.4) is 0 Å². The third-order valence-corrected chi connectivity index (χ3v) is 7.45. The largest absolute Gasteiger partial charge is 0.467 e. The first kappa shape index (κ1) is 24.2. The minimum atomic E-state index is -1.20. The Balaban J connectivity index is 1.32. The number of nitrogens with one attached hydrogen (secondary N) is 1. The summed E-state index contributed by atoms with van der Waals surface area (Å²) in [6.45, 7) is 2.16. The highest BCUT2D eigenvalue weighted by molar-refractivity contribution is 8.15. The maximum atomic E-state index is 15.2. The number of oxazole rings is 1. The van der Waals surface area contributed by atoms with Crippen molar-refractivity contribution in [3.63, 3.8) is 0 Å². The smallest absolute Gasteiger partial charge is 0.233 e. The van der Waals surface area contributed by atoms with Crippen molar-refractivity contribution in [2.24, 2.45) is 10.7 Å². The molecule has 0 radical (unpaired) electrons. The molecule has 2 aliphatic rings. The van der Waals surface area contributed by atoms with Gasteiger partial charge in [0.1, 0.15) is 17.3 Å². The number of hydrogen-bond donors (Lipinski definition) is 2. The lowest BCUT2D eigenvalue weighted by atomic mass is 9.86. The summed E-state index contributed by atoms with van der Waals surface area (Å²) in [5.74, 6) is -1.07. The Hall–Kier alpha value is -4.10. The summed E-state index contributed by atoms with van der Waals surface area (Å²) >= 11 is 1.34. The molecule has 0 bridgehead atoms. The summed E-state index contributed by atoms with van der Waals surface area (Å²) in [5, 5.41) is 3.32. The molecule has 2 atom stereocenters. The number of methoxy groups -OCH3 is 1. The van der Waals surface area contributed by atoms with Crippen molar-refractivity contribution in [1.29, 1.82) is 0 Å². The van der Waals surface area contributed by atoms with Crippen molar-refractivity contribution in [3.05, 3.63) is 77.8 Å². The molecule has 0 fully saturated rings. The fourth-order valence-electron chi connectivity index (χ4n) is 4.59. The van der Waals surface area contributed by atoms with E-state index in [0.717, 1.165) is 11.6 Å². The Morgan fingerprint density at radius 2 is 2.05 bits per heavy atom. The summed E-state index contributed by atoms with van der Waals surface area (Å²) in [4.78, 5) is 21.7. The number of ether oxygens (including phenoxy) is 2. The van der Waals surface area contributed by atoms with Gasteiger partial charge in [-0.2, -0.15) is 0 Å². The second kappa shape index (κ2) is 9.03. The van der Waals surface area contributed by atoms with E-state index >= 15 is 4.39 Å². The van der Waals surface area contributed by atoms with Gasteiger partial charge in [0.05, 0.1) is 29.3 Å². The van der Waals surface area contributed by atoms with Crippen LogP contribution in [-0.4, -0.2) is 43.6 Å². The van der Waals surface area contributed by atoms with Gasteiger partial charge in [0.2, 0.25) is 11.8 Å². The van der Waals surface area contributed by atoms with E-state index in [1.165, 1.54) is 42.7 Å². The molecule has 6 rings (SSSR count). The molecule has 0 saturated heterocycles. The summed E-state index contributed by atoms with van der Waals surface area (Å²) in [5.41, 5.74) is 6.91. The molecule has 38 heavy (non-hydrogen) atoms. The zero-order valence-electron chi connectivity index (χ0n) is 20.2. The highest BCUT2D eigenvalue weighted by atomic mass is 32.2. The molecule has 1 aliphatic heterocycles. The van der Waals surface area contributed by atoms with Gasteiger partial charge in [0.25, 0.3) is 0 Å². The van der Waals surface area contributed by atoms with E-state index in [1.807, 2.05) is 6.08 Å². The lowest BCUT2D eigenvalue weighted by molar-refractivity contribution is 0.196. The molecule has 1 aromatic carbocycles. The van der Waals surface area contributed by atoms with Gasteiger partial charge in [-0.25, -0.2) is 33.7 Å². The van der Waals surface area contributed by atoms with E-state index in [1.54, 1.807) is 20.1 Å². The molecule has 4 heterocycles. The molecule has 194 valence electrons. The molecule has 10 nitrogen and oxygen atoms in total. The number of anilines is 2. The number of rotatable bonds is 8. The third kappa shape index (κ3) is 4.13. The monoisotopic (exact) mass is 537 g/mol. The van der Waals surface area contributed by atoms with E-state index in [9.17, 15) is 4.39 Å². The molecule has 0 amide bonds. The zero-order chi connectivity index (χ0) is 26.5. The minimum absolute atomic E-state index is 0.0426. The molecule has 3 aromatic heterocycles. The van der Waals surface area contributed by atoms with Crippen molar-refractivity contribution in [3.8, 4) is 5.88 Å². The standard InChI is InChI=1S/C25H21F2N7O3S/c1-24(17-9-25(17,12-35-2)38-23(28)34-24)14-7-13(8-15(26)20(14)27)32-22-21-16(3-4-30-22)33-18(10-31-21)37-11-19-29-5-6-36-19/h3-10H,11-12H2,1-2H3,(H2,28,34)(H,30,32)/t24-,25-/m1/s1. The predicted octanol–water partition coefficient (Wildman–Crippen LogP) is 4.22. The highest BCUT2D eigenvalue weighted by Gasteiger charge is 2.58. The lowest BCUT2D eigenvalue weighted by Crippen LogP contribution is -2.37. The van der Waals surface area contributed by atoms with Gasteiger partial charge in [0.15, 0.2) is 29.2 Å². The Bertz CT molecular complexity index is 1610. The van der Waals surface area contributed by atoms with Gasteiger partial charge >= 0.3 is 0 Å². The van der Waals surface area contributed by atoms with Gasteiger partial charge < -0.3 is 24.9 Å². The van der Waals surface area contributed by atoms with Crippen molar-refractivity contribution in [2.45, 2.75) is 23.8 Å². The quantitative estimate of drug-likeness (QED) is 0.315. The SMILES string of the molecule is COC[C@]12C=C1[C@@](C)(c1cc(Nc3nccc4nc(OCc5ncco5)cnc34)cc(F)c1F)N=C(N)S2. The van der Waals surface area contributed by atoms with Crippen molar-refractivity contribution in [2.75, 3.05) is 19.0 Å². The van der Waals surface area contributed by atoms with E-state index in [-0.39, 0.29) is 28.9 Å². The van der Waals surface area contributed by atoms with Gasteiger partial charge in [-0.15, -0.1) is 0 Å². The maximum Gasteiger partial charge on any atom is 0.233 e. The van der Waals surface area contributed by atoms with Crippen LogP contribution in [0.5, 0.6) is 5.88 Å². The molecular weight excluding hydrogens is 516 g/mol. The van der Waals surface area contributed by atoms with Gasteiger partial charge in [-0.05, 0) is 24.6 Å². The molecular formula is C25H21F2N7O3S. The second-order valence-electron chi connectivity index (χ2n) is 8.90. The number of halogens is 2. The number of thioether (sulfide) groups is 1.